The minimum atomic E-state index is 0.658. The molecule has 0 saturated heterocycles. The first-order valence-electron chi connectivity index (χ1n) is 7.60. The highest BCUT2D eigenvalue weighted by Gasteiger charge is 2.30. The topological polar surface area (TPSA) is 12.0 Å². The van der Waals surface area contributed by atoms with E-state index in [2.05, 4.69) is 66.3 Å². The fourth-order valence-electron chi connectivity index (χ4n) is 3.00. The summed E-state index contributed by atoms with van der Waals surface area (Å²) < 4.78 is 1.17. The second-order valence-electron chi connectivity index (χ2n) is 6.23. The molecule has 1 saturated carbocycles. The summed E-state index contributed by atoms with van der Waals surface area (Å²) in [4.78, 5) is 0. The number of benzene rings is 1. The second kappa shape index (κ2) is 6.90. The van der Waals surface area contributed by atoms with Gasteiger partial charge in [0.2, 0.25) is 0 Å². The van der Waals surface area contributed by atoms with Crippen molar-refractivity contribution in [3.63, 3.8) is 0 Å². The van der Waals surface area contributed by atoms with Crippen LogP contribution in [0.2, 0.25) is 0 Å². The van der Waals surface area contributed by atoms with E-state index in [0.717, 1.165) is 17.9 Å². The molecule has 1 fully saturated rings. The molecule has 0 spiro atoms. The van der Waals surface area contributed by atoms with Crippen LogP contribution in [-0.4, -0.2) is 12.1 Å². The Hall–Kier alpha value is -0.340. The zero-order valence-electron chi connectivity index (χ0n) is 12.3. The van der Waals surface area contributed by atoms with Crippen molar-refractivity contribution in [1.29, 1.82) is 0 Å². The number of nitrogens with one attached hydrogen (secondary N) is 1. The van der Waals surface area contributed by atoms with Gasteiger partial charge in [0.05, 0.1) is 0 Å². The summed E-state index contributed by atoms with van der Waals surface area (Å²) >= 11 is 3.50. The molecule has 1 aliphatic carbocycles. The lowest BCUT2D eigenvalue weighted by Gasteiger charge is -2.38. The van der Waals surface area contributed by atoms with Gasteiger partial charge in [-0.25, -0.2) is 0 Å². The zero-order chi connectivity index (χ0) is 13.8. The van der Waals surface area contributed by atoms with Crippen molar-refractivity contribution in [2.24, 2.45) is 5.92 Å². The fourth-order valence-corrected chi connectivity index (χ4v) is 3.27. The van der Waals surface area contributed by atoms with Crippen molar-refractivity contribution < 1.29 is 0 Å². The van der Waals surface area contributed by atoms with E-state index < -0.39 is 0 Å². The van der Waals surface area contributed by atoms with Crippen molar-refractivity contribution in [2.75, 3.05) is 0 Å². The third-order valence-corrected chi connectivity index (χ3v) is 4.98. The minimum absolute atomic E-state index is 0.658. The van der Waals surface area contributed by atoms with Crippen LogP contribution in [-0.2, 0) is 0 Å². The molecule has 1 nitrogen and oxygen atoms in total. The summed E-state index contributed by atoms with van der Waals surface area (Å²) in [5.41, 5.74) is 1.50. The molecule has 0 amide bonds. The van der Waals surface area contributed by atoms with Gasteiger partial charge < -0.3 is 5.32 Å². The summed E-state index contributed by atoms with van der Waals surface area (Å²) in [5.74, 6) is 1.60. The van der Waals surface area contributed by atoms with Crippen LogP contribution in [0.3, 0.4) is 0 Å². The third kappa shape index (κ3) is 4.32. The molecule has 2 atom stereocenters. The molecule has 19 heavy (non-hydrogen) atoms. The predicted molar refractivity (Wildman–Crippen MR) is 86.6 cm³/mol. The van der Waals surface area contributed by atoms with Gasteiger partial charge in [-0.1, -0.05) is 48.3 Å². The van der Waals surface area contributed by atoms with Crippen molar-refractivity contribution >= 4 is 15.9 Å². The van der Waals surface area contributed by atoms with Crippen LogP contribution in [0.4, 0.5) is 0 Å². The van der Waals surface area contributed by atoms with Gasteiger partial charge in [-0.15, -0.1) is 0 Å². The first-order valence-corrected chi connectivity index (χ1v) is 8.39. The Morgan fingerprint density at radius 2 is 1.84 bits per heavy atom. The first kappa shape index (κ1) is 15.1. The quantitative estimate of drug-likeness (QED) is 0.767. The highest BCUT2D eigenvalue weighted by Crippen LogP contribution is 2.37. The van der Waals surface area contributed by atoms with Gasteiger partial charge in [-0.05, 0) is 55.7 Å². The van der Waals surface area contributed by atoms with Crippen molar-refractivity contribution in [3.05, 3.63) is 34.3 Å². The molecule has 0 heterocycles. The van der Waals surface area contributed by atoms with Gasteiger partial charge in [-0.3, -0.25) is 0 Å². The van der Waals surface area contributed by atoms with Crippen molar-refractivity contribution in [3.8, 4) is 0 Å². The van der Waals surface area contributed by atoms with Crippen LogP contribution in [0.15, 0.2) is 28.7 Å². The summed E-state index contributed by atoms with van der Waals surface area (Å²) in [7, 11) is 0. The molecule has 0 radical (unpaired) electrons. The Bertz CT molecular complexity index is 381. The zero-order valence-corrected chi connectivity index (χ0v) is 13.9. The van der Waals surface area contributed by atoms with E-state index in [4.69, 9.17) is 0 Å². The number of hydrogen-bond acceptors (Lipinski definition) is 1. The Kier molecular flexibility index (Phi) is 5.47. The standard InChI is InChI=1S/C17H26BrN/c1-4-12(2)9-13(3)19-17-10-15(11-17)14-5-7-16(18)8-6-14/h5-8,12-13,15,17,19H,4,9-11H2,1-3H3. The predicted octanol–water partition coefficient (Wildman–Crippen LogP) is 5.11. The third-order valence-electron chi connectivity index (χ3n) is 4.45. The SMILES string of the molecule is CCC(C)CC(C)NC1CC(c2ccc(Br)cc2)C1. The summed E-state index contributed by atoms with van der Waals surface area (Å²) in [5, 5.41) is 3.78. The molecule has 1 aromatic rings. The van der Waals surface area contributed by atoms with E-state index in [1.54, 1.807) is 0 Å². The van der Waals surface area contributed by atoms with Crippen molar-refractivity contribution in [1.82, 2.24) is 5.32 Å². The minimum Gasteiger partial charge on any atom is -0.311 e. The lowest BCUT2D eigenvalue weighted by atomic mass is 9.75. The summed E-state index contributed by atoms with van der Waals surface area (Å²) in [6.07, 6.45) is 5.19. The number of hydrogen-bond donors (Lipinski definition) is 1. The normalized spacial score (nSPS) is 25.7. The first-order chi connectivity index (χ1) is 9.08. The van der Waals surface area contributed by atoms with Gasteiger partial charge in [0.1, 0.15) is 0 Å². The molecule has 2 heteroatoms. The van der Waals surface area contributed by atoms with Crippen LogP contribution in [0, 0.1) is 5.92 Å². The maximum Gasteiger partial charge on any atom is 0.0175 e. The molecule has 1 aromatic carbocycles. The summed E-state index contributed by atoms with van der Waals surface area (Å²) in [6, 6.07) is 10.2. The Labute approximate surface area is 126 Å². The lowest BCUT2D eigenvalue weighted by molar-refractivity contribution is 0.254. The van der Waals surface area contributed by atoms with Crippen LogP contribution >= 0.6 is 15.9 Å². The van der Waals surface area contributed by atoms with Crippen LogP contribution in [0.1, 0.15) is 57.9 Å². The average Bonchev–Trinajstić information content (AvgIpc) is 2.34. The number of rotatable bonds is 6. The van der Waals surface area contributed by atoms with Crippen LogP contribution in [0.5, 0.6) is 0 Å². The van der Waals surface area contributed by atoms with Gasteiger partial charge in [0.15, 0.2) is 0 Å². The maximum atomic E-state index is 3.78. The molecule has 106 valence electrons. The highest BCUT2D eigenvalue weighted by atomic mass is 79.9. The van der Waals surface area contributed by atoms with Gasteiger partial charge >= 0.3 is 0 Å². The Balaban J connectivity index is 1.72. The van der Waals surface area contributed by atoms with E-state index in [0.29, 0.717) is 6.04 Å². The molecule has 1 aliphatic rings. The van der Waals surface area contributed by atoms with E-state index in [9.17, 15) is 0 Å². The largest absolute Gasteiger partial charge is 0.311 e. The van der Waals surface area contributed by atoms with E-state index in [1.807, 2.05) is 0 Å². The number of halogens is 1. The van der Waals surface area contributed by atoms with Gasteiger partial charge in [0, 0.05) is 16.6 Å². The molecule has 0 bridgehead atoms. The summed E-state index contributed by atoms with van der Waals surface area (Å²) in [6.45, 7) is 6.97. The molecular formula is C17H26BrN. The maximum absolute atomic E-state index is 3.78. The van der Waals surface area contributed by atoms with Crippen LogP contribution < -0.4 is 5.32 Å². The van der Waals surface area contributed by atoms with Gasteiger partial charge in [0.25, 0.3) is 0 Å². The highest BCUT2D eigenvalue weighted by molar-refractivity contribution is 9.10. The lowest BCUT2D eigenvalue weighted by Crippen LogP contribution is -2.44. The molecule has 2 rings (SSSR count). The van der Waals surface area contributed by atoms with Crippen LogP contribution in [0.25, 0.3) is 0 Å². The van der Waals surface area contributed by atoms with E-state index in [-0.39, 0.29) is 0 Å². The fraction of sp³-hybridized carbons (Fsp3) is 0.647. The average molecular weight is 324 g/mol. The molecule has 0 aliphatic heterocycles. The van der Waals surface area contributed by atoms with Gasteiger partial charge in [-0.2, -0.15) is 0 Å². The second-order valence-corrected chi connectivity index (χ2v) is 7.15. The van der Waals surface area contributed by atoms with Crippen molar-refractivity contribution in [2.45, 2.75) is 64.5 Å². The van der Waals surface area contributed by atoms with E-state index in [1.165, 1.54) is 35.7 Å². The Morgan fingerprint density at radius 1 is 1.21 bits per heavy atom. The molecule has 2 unspecified atom stereocenters. The molecular weight excluding hydrogens is 298 g/mol. The van der Waals surface area contributed by atoms with E-state index >= 15 is 0 Å². The monoisotopic (exact) mass is 323 g/mol. The molecule has 1 N–H and O–H groups in total. The molecule has 0 aromatic heterocycles. The Morgan fingerprint density at radius 3 is 2.42 bits per heavy atom. The smallest absolute Gasteiger partial charge is 0.0175 e.